The monoisotopic (exact) mass is 434 g/mol. The van der Waals surface area contributed by atoms with Crippen molar-refractivity contribution in [3.8, 4) is 0 Å². The van der Waals surface area contributed by atoms with E-state index in [1.807, 2.05) is 0 Å². The Bertz CT molecular complexity index is 1210. The fourth-order valence-electron chi connectivity index (χ4n) is 5.41. The van der Waals surface area contributed by atoms with E-state index in [1.54, 1.807) is 0 Å². The summed E-state index contributed by atoms with van der Waals surface area (Å²) in [6.45, 7) is 15.9. The van der Waals surface area contributed by atoms with Crippen LogP contribution in [0.15, 0.2) is 83.4 Å². The van der Waals surface area contributed by atoms with Gasteiger partial charge >= 0.3 is 0 Å². The number of rotatable bonds is 5. The summed E-state index contributed by atoms with van der Waals surface area (Å²) >= 11 is 0. The zero-order valence-corrected chi connectivity index (χ0v) is 21.6. The molecule has 0 heterocycles. The highest BCUT2D eigenvalue weighted by atomic mass is 28.2. The first-order valence-corrected chi connectivity index (χ1v) is 12.6. The van der Waals surface area contributed by atoms with Gasteiger partial charge in [-0.3, -0.25) is 0 Å². The third-order valence-electron chi connectivity index (χ3n) is 7.16. The van der Waals surface area contributed by atoms with Crippen molar-refractivity contribution >= 4 is 20.3 Å². The SMILES string of the molecule is CC1=C(C)C(Cc2ccc(C)cc2C)([Si]c2cc(C)cc(C)c2)C(c2ccccc2)=C1C. The summed E-state index contributed by atoms with van der Waals surface area (Å²) in [6.07, 6.45) is 1.04. The molecular formula is C31H34Si. The zero-order chi connectivity index (χ0) is 23.0. The second-order valence-electron chi connectivity index (χ2n) is 9.63. The number of hydrogen-bond donors (Lipinski definition) is 0. The molecule has 1 unspecified atom stereocenters. The molecule has 0 N–H and O–H groups in total. The van der Waals surface area contributed by atoms with Gasteiger partial charge in [0, 0.05) is 5.04 Å². The van der Waals surface area contributed by atoms with E-state index in [2.05, 4.69) is 115 Å². The molecule has 32 heavy (non-hydrogen) atoms. The van der Waals surface area contributed by atoms with Crippen LogP contribution in [0.5, 0.6) is 0 Å². The topological polar surface area (TPSA) is 0 Å². The third kappa shape index (κ3) is 4.07. The van der Waals surface area contributed by atoms with Crippen LogP contribution in [0, 0.1) is 27.7 Å². The summed E-state index contributed by atoms with van der Waals surface area (Å²) in [6, 6.07) is 25.1. The van der Waals surface area contributed by atoms with Crippen LogP contribution in [0.3, 0.4) is 0 Å². The van der Waals surface area contributed by atoms with Crippen molar-refractivity contribution in [1.29, 1.82) is 0 Å². The standard InChI is InChI=1S/C31H34Si/c1-20-13-14-28(23(4)16-20)19-31(32-29-17-21(2)15-22(3)18-29)26(7)24(5)25(6)30(31)27-11-9-8-10-12-27/h8-18H,19H2,1-7H3. The van der Waals surface area contributed by atoms with Crippen LogP contribution in [-0.4, -0.2) is 9.52 Å². The lowest BCUT2D eigenvalue weighted by atomic mass is 9.82. The molecule has 1 atom stereocenters. The smallest absolute Gasteiger partial charge is 0.0623 e. The molecule has 162 valence electrons. The quantitative estimate of drug-likeness (QED) is 0.365. The maximum absolute atomic E-state index is 2.40. The van der Waals surface area contributed by atoms with Crippen LogP contribution < -0.4 is 5.19 Å². The first kappa shape index (κ1) is 22.5. The maximum Gasteiger partial charge on any atom is 0.0993 e. The first-order valence-electron chi connectivity index (χ1n) is 11.6. The molecule has 1 aliphatic carbocycles. The van der Waals surface area contributed by atoms with Gasteiger partial charge in [0.25, 0.3) is 0 Å². The second-order valence-corrected chi connectivity index (χ2v) is 11.3. The number of benzene rings is 3. The predicted molar refractivity (Wildman–Crippen MR) is 141 cm³/mol. The minimum absolute atomic E-state index is 0.0181. The maximum atomic E-state index is 2.40. The Morgan fingerprint density at radius 1 is 0.656 bits per heavy atom. The fourth-order valence-corrected chi connectivity index (χ4v) is 7.61. The molecule has 0 aliphatic heterocycles. The van der Waals surface area contributed by atoms with E-state index in [4.69, 9.17) is 0 Å². The molecule has 0 aromatic heterocycles. The molecule has 1 heteroatoms. The Kier molecular flexibility index (Phi) is 6.14. The lowest BCUT2D eigenvalue weighted by Gasteiger charge is -2.36. The van der Waals surface area contributed by atoms with Gasteiger partial charge in [-0.15, -0.1) is 0 Å². The van der Waals surface area contributed by atoms with Gasteiger partial charge < -0.3 is 0 Å². The normalized spacial score (nSPS) is 18.6. The van der Waals surface area contributed by atoms with Gasteiger partial charge in [-0.2, -0.15) is 0 Å². The Labute approximate surface area is 196 Å². The van der Waals surface area contributed by atoms with Gasteiger partial charge in [-0.1, -0.05) is 94.2 Å². The average Bonchev–Trinajstić information content (AvgIpc) is 2.91. The Morgan fingerprint density at radius 3 is 1.94 bits per heavy atom. The average molecular weight is 435 g/mol. The van der Waals surface area contributed by atoms with Crippen molar-refractivity contribution in [2.24, 2.45) is 0 Å². The van der Waals surface area contributed by atoms with Crippen LogP contribution in [0.1, 0.15) is 54.2 Å². The first-order chi connectivity index (χ1) is 15.2. The van der Waals surface area contributed by atoms with Crippen LogP contribution in [0.25, 0.3) is 5.57 Å². The minimum atomic E-state index is -0.0181. The van der Waals surface area contributed by atoms with E-state index >= 15 is 0 Å². The van der Waals surface area contributed by atoms with Crippen molar-refractivity contribution in [3.63, 3.8) is 0 Å². The molecule has 0 saturated carbocycles. The van der Waals surface area contributed by atoms with Gasteiger partial charge in [0.2, 0.25) is 0 Å². The van der Waals surface area contributed by atoms with Crippen molar-refractivity contribution in [2.75, 3.05) is 0 Å². The van der Waals surface area contributed by atoms with Crippen molar-refractivity contribution in [1.82, 2.24) is 0 Å². The summed E-state index contributed by atoms with van der Waals surface area (Å²) in [5, 5.41) is 1.44. The minimum Gasteiger partial charge on any atom is -0.0623 e. The van der Waals surface area contributed by atoms with Gasteiger partial charge in [0.05, 0.1) is 9.52 Å². The molecule has 3 aromatic carbocycles. The van der Waals surface area contributed by atoms with Gasteiger partial charge in [0.1, 0.15) is 0 Å². The second kappa shape index (κ2) is 8.71. The molecule has 0 spiro atoms. The summed E-state index contributed by atoms with van der Waals surface area (Å²) in [7, 11) is 0.683. The summed E-state index contributed by atoms with van der Waals surface area (Å²) in [4.78, 5) is 0. The van der Waals surface area contributed by atoms with E-state index in [-0.39, 0.29) is 5.04 Å². The number of allylic oxidation sites excluding steroid dienone is 4. The molecule has 0 bridgehead atoms. The zero-order valence-electron chi connectivity index (χ0n) is 20.6. The van der Waals surface area contributed by atoms with Crippen LogP contribution in [0.4, 0.5) is 0 Å². The molecule has 3 aromatic rings. The summed E-state index contributed by atoms with van der Waals surface area (Å²) < 4.78 is 0. The van der Waals surface area contributed by atoms with Crippen LogP contribution >= 0.6 is 0 Å². The van der Waals surface area contributed by atoms with Gasteiger partial charge in [0.15, 0.2) is 0 Å². The van der Waals surface area contributed by atoms with Crippen molar-refractivity contribution in [2.45, 2.75) is 59.9 Å². The van der Waals surface area contributed by atoms with Crippen LogP contribution in [0.2, 0.25) is 5.04 Å². The van der Waals surface area contributed by atoms with Crippen molar-refractivity contribution < 1.29 is 0 Å². The molecule has 4 rings (SSSR count). The van der Waals surface area contributed by atoms with Crippen LogP contribution in [-0.2, 0) is 6.42 Å². The largest absolute Gasteiger partial charge is 0.0993 e. The molecule has 0 amide bonds. The molecule has 1 aliphatic rings. The van der Waals surface area contributed by atoms with E-state index < -0.39 is 0 Å². The van der Waals surface area contributed by atoms with Crippen molar-refractivity contribution in [3.05, 3.63) is 117 Å². The van der Waals surface area contributed by atoms with Gasteiger partial charge in [-0.25, -0.2) is 0 Å². The highest BCUT2D eigenvalue weighted by Gasteiger charge is 2.44. The molecule has 0 fully saturated rings. The molecule has 0 nitrogen and oxygen atoms in total. The van der Waals surface area contributed by atoms with E-state index in [9.17, 15) is 0 Å². The molecule has 0 saturated heterocycles. The Balaban J connectivity index is 1.95. The highest BCUT2D eigenvalue weighted by molar-refractivity contribution is 6.61. The lowest BCUT2D eigenvalue weighted by Crippen LogP contribution is -2.34. The summed E-state index contributed by atoms with van der Waals surface area (Å²) in [5.74, 6) is 0. The number of hydrogen-bond acceptors (Lipinski definition) is 0. The predicted octanol–water partition coefficient (Wildman–Crippen LogP) is 7.47. The molecular weight excluding hydrogens is 400 g/mol. The van der Waals surface area contributed by atoms with E-state index in [0.29, 0.717) is 9.52 Å². The Morgan fingerprint density at radius 2 is 1.31 bits per heavy atom. The highest BCUT2D eigenvalue weighted by Crippen LogP contribution is 2.58. The Hall–Kier alpha value is -2.64. The fraction of sp³-hybridized carbons (Fsp3) is 0.290. The lowest BCUT2D eigenvalue weighted by molar-refractivity contribution is 0.792. The molecule has 2 radical (unpaired) electrons. The summed E-state index contributed by atoms with van der Waals surface area (Å²) in [5.41, 5.74) is 14.2. The van der Waals surface area contributed by atoms with E-state index in [1.165, 1.54) is 60.9 Å². The van der Waals surface area contributed by atoms with E-state index in [0.717, 1.165) is 6.42 Å². The van der Waals surface area contributed by atoms with Gasteiger partial charge in [-0.05, 0) is 88.3 Å². The third-order valence-corrected chi connectivity index (χ3v) is 8.97. The number of aryl methyl sites for hydroxylation is 4.